The Morgan fingerprint density at radius 1 is 1.03 bits per heavy atom. The van der Waals surface area contributed by atoms with Crippen molar-refractivity contribution in [2.24, 2.45) is 0 Å². The number of rotatable bonds is 9. The summed E-state index contributed by atoms with van der Waals surface area (Å²) in [7, 11) is 0. The SMILES string of the molecule is CCCCCCC(=O)N1CCN(C(=O)c2nc(C)nc(C)c2C(=O)OCc2ccccc2)CC1C. The third-order valence-electron chi connectivity index (χ3n) is 6.30. The minimum absolute atomic E-state index is 0.0552. The lowest BCUT2D eigenvalue weighted by Gasteiger charge is -2.40. The topological polar surface area (TPSA) is 92.7 Å². The first-order chi connectivity index (χ1) is 16.8. The summed E-state index contributed by atoms with van der Waals surface area (Å²) in [6.07, 6.45) is 4.77. The highest BCUT2D eigenvalue weighted by molar-refractivity contribution is 6.04. The monoisotopic (exact) mass is 480 g/mol. The molecule has 1 atom stereocenters. The van der Waals surface area contributed by atoms with Gasteiger partial charge in [-0.15, -0.1) is 0 Å². The Bertz CT molecular complexity index is 1040. The number of amides is 2. The van der Waals surface area contributed by atoms with Crippen LogP contribution in [-0.4, -0.2) is 63.2 Å². The van der Waals surface area contributed by atoms with Crippen molar-refractivity contribution in [3.8, 4) is 0 Å². The number of hydrogen-bond acceptors (Lipinski definition) is 6. The van der Waals surface area contributed by atoms with Gasteiger partial charge in [-0.05, 0) is 32.8 Å². The van der Waals surface area contributed by atoms with Gasteiger partial charge in [-0.3, -0.25) is 9.59 Å². The van der Waals surface area contributed by atoms with Crippen molar-refractivity contribution in [2.45, 2.75) is 72.4 Å². The van der Waals surface area contributed by atoms with Crippen LogP contribution in [0, 0.1) is 13.8 Å². The Labute approximate surface area is 207 Å². The lowest BCUT2D eigenvalue weighted by atomic mass is 10.1. The molecule has 0 radical (unpaired) electrons. The van der Waals surface area contributed by atoms with Crippen molar-refractivity contribution >= 4 is 17.8 Å². The van der Waals surface area contributed by atoms with Gasteiger partial charge in [-0.2, -0.15) is 0 Å². The van der Waals surface area contributed by atoms with Gasteiger partial charge in [0.1, 0.15) is 23.7 Å². The van der Waals surface area contributed by atoms with Gasteiger partial charge in [0.25, 0.3) is 5.91 Å². The number of esters is 1. The van der Waals surface area contributed by atoms with Crippen LogP contribution in [0.1, 0.15) is 83.9 Å². The lowest BCUT2D eigenvalue weighted by Crippen LogP contribution is -2.55. The second kappa shape index (κ2) is 12.4. The summed E-state index contributed by atoms with van der Waals surface area (Å²) in [5, 5.41) is 0. The summed E-state index contributed by atoms with van der Waals surface area (Å²) in [6, 6.07) is 9.25. The second-order valence-electron chi connectivity index (χ2n) is 9.14. The summed E-state index contributed by atoms with van der Waals surface area (Å²) in [5.41, 5.74) is 1.41. The number of hydrogen-bond donors (Lipinski definition) is 0. The molecule has 35 heavy (non-hydrogen) atoms. The minimum atomic E-state index is -0.622. The van der Waals surface area contributed by atoms with Crippen LogP contribution >= 0.6 is 0 Å². The number of carbonyl (C=O) groups excluding carboxylic acids is 3. The molecule has 8 nitrogen and oxygen atoms in total. The van der Waals surface area contributed by atoms with Crippen molar-refractivity contribution in [1.82, 2.24) is 19.8 Å². The molecular weight excluding hydrogens is 444 g/mol. The molecule has 1 unspecified atom stereocenters. The Balaban J connectivity index is 1.70. The Kier molecular flexibility index (Phi) is 9.34. The molecule has 8 heteroatoms. The highest BCUT2D eigenvalue weighted by Crippen LogP contribution is 2.20. The molecule has 1 aromatic carbocycles. The third-order valence-corrected chi connectivity index (χ3v) is 6.30. The van der Waals surface area contributed by atoms with Crippen LogP contribution in [0.3, 0.4) is 0 Å². The predicted molar refractivity (Wildman–Crippen MR) is 133 cm³/mol. The average Bonchev–Trinajstić information content (AvgIpc) is 2.84. The number of nitrogens with zero attached hydrogens (tertiary/aromatic N) is 4. The van der Waals surface area contributed by atoms with Crippen LogP contribution in [0.4, 0.5) is 0 Å². The van der Waals surface area contributed by atoms with Gasteiger partial charge in [-0.1, -0.05) is 56.5 Å². The van der Waals surface area contributed by atoms with Crippen molar-refractivity contribution in [3.05, 3.63) is 58.7 Å². The van der Waals surface area contributed by atoms with Crippen LogP contribution < -0.4 is 0 Å². The van der Waals surface area contributed by atoms with E-state index in [-0.39, 0.29) is 35.7 Å². The largest absolute Gasteiger partial charge is 0.457 e. The van der Waals surface area contributed by atoms with Crippen LogP contribution in [-0.2, 0) is 16.1 Å². The van der Waals surface area contributed by atoms with Crippen LogP contribution in [0.5, 0.6) is 0 Å². The maximum Gasteiger partial charge on any atom is 0.342 e. The highest BCUT2D eigenvalue weighted by atomic mass is 16.5. The normalized spacial score (nSPS) is 15.7. The fraction of sp³-hybridized carbons (Fsp3) is 0.519. The highest BCUT2D eigenvalue weighted by Gasteiger charge is 2.33. The molecule has 1 aromatic heterocycles. The molecule has 0 spiro atoms. The van der Waals surface area contributed by atoms with E-state index in [1.165, 1.54) is 0 Å². The first kappa shape index (κ1) is 26.3. The second-order valence-corrected chi connectivity index (χ2v) is 9.14. The summed E-state index contributed by atoms with van der Waals surface area (Å²) in [4.78, 5) is 51.3. The number of ether oxygens (including phenoxy) is 1. The molecule has 188 valence electrons. The molecule has 0 saturated carbocycles. The van der Waals surface area contributed by atoms with E-state index >= 15 is 0 Å². The molecule has 2 heterocycles. The third kappa shape index (κ3) is 6.87. The van der Waals surface area contributed by atoms with E-state index in [1.807, 2.05) is 42.2 Å². The molecule has 2 amide bonds. The molecule has 1 saturated heterocycles. The van der Waals surface area contributed by atoms with Crippen molar-refractivity contribution in [2.75, 3.05) is 19.6 Å². The number of piperazine rings is 1. The molecule has 3 rings (SSSR count). The van der Waals surface area contributed by atoms with Crippen molar-refractivity contribution in [3.63, 3.8) is 0 Å². The zero-order valence-corrected chi connectivity index (χ0v) is 21.2. The number of benzene rings is 1. The average molecular weight is 481 g/mol. The lowest BCUT2D eigenvalue weighted by molar-refractivity contribution is -0.135. The Morgan fingerprint density at radius 3 is 2.46 bits per heavy atom. The fourth-order valence-electron chi connectivity index (χ4n) is 4.42. The fourth-order valence-corrected chi connectivity index (χ4v) is 4.42. The number of aromatic nitrogens is 2. The summed E-state index contributed by atoms with van der Waals surface area (Å²) < 4.78 is 5.49. The van der Waals surface area contributed by atoms with Crippen LogP contribution in [0.25, 0.3) is 0 Å². The van der Waals surface area contributed by atoms with E-state index in [2.05, 4.69) is 16.9 Å². The van der Waals surface area contributed by atoms with Gasteiger partial charge < -0.3 is 14.5 Å². The van der Waals surface area contributed by atoms with Gasteiger partial charge in [0, 0.05) is 32.1 Å². The van der Waals surface area contributed by atoms with E-state index in [4.69, 9.17) is 4.74 Å². The molecule has 0 aliphatic carbocycles. The van der Waals surface area contributed by atoms with E-state index in [9.17, 15) is 14.4 Å². The Morgan fingerprint density at radius 2 is 1.77 bits per heavy atom. The standard InChI is InChI=1S/C27H36N4O4/c1-5-6-7-11-14-23(32)31-16-15-30(17-19(31)2)26(33)25-24(20(3)28-21(4)29-25)27(34)35-18-22-12-9-8-10-13-22/h8-10,12-13,19H,5-7,11,14-18H2,1-4H3. The van der Waals surface area contributed by atoms with Gasteiger partial charge in [0.2, 0.25) is 5.91 Å². The molecule has 1 fully saturated rings. The van der Waals surface area contributed by atoms with E-state index in [1.54, 1.807) is 18.7 Å². The molecule has 0 N–H and O–H groups in total. The number of carbonyl (C=O) groups is 3. The quantitative estimate of drug-likeness (QED) is 0.396. The van der Waals surface area contributed by atoms with Crippen LogP contribution in [0.2, 0.25) is 0 Å². The maximum atomic E-state index is 13.5. The first-order valence-electron chi connectivity index (χ1n) is 12.5. The number of aryl methyl sites for hydroxylation is 2. The van der Waals surface area contributed by atoms with E-state index in [0.717, 1.165) is 31.2 Å². The number of unbranched alkanes of at least 4 members (excludes halogenated alkanes) is 3. The summed E-state index contributed by atoms with van der Waals surface area (Å²) in [6.45, 7) is 8.82. The van der Waals surface area contributed by atoms with Gasteiger partial charge in [0.15, 0.2) is 0 Å². The summed E-state index contributed by atoms with van der Waals surface area (Å²) in [5.74, 6) is -0.408. The maximum absolute atomic E-state index is 13.5. The zero-order chi connectivity index (χ0) is 25.4. The van der Waals surface area contributed by atoms with Gasteiger partial charge in [0.05, 0.1) is 5.69 Å². The molecule has 1 aliphatic rings. The van der Waals surface area contributed by atoms with Crippen LogP contribution in [0.15, 0.2) is 30.3 Å². The van der Waals surface area contributed by atoms with Gasteiger partial charge >= 0.3 is 5.97 Å². The molecular formula is C27H36N4O4. The molecule has 2 aromatic rings. The van der Waals surface area contributed by atoms with Gasteiger partial charge in [-0.25, -0.2) is 14.8 Å². The predicted octanol–water partition coefficient (Wildman–Crippen LogP) is 4.09. The zero-order valence-electron chi connectivity index (χ0n) is 21.2. The Hall–Kier alpha value is -3.29. The minimum Gasteiger partial charge on any atom is -0.457 e. The molecule has 1 aliphatic heterocycles. The van der Waals surface area contributed by atoms with Crippen molar-refractivity contribution in [1.29, 1.82) is 0 Å². The van der Waals surface area contributed by atoms with Crippen molar-refractivity contribution < 1.29 is 19.1 Å². The van der Waals surface area contributed by atoms with E-state index in [0.29, 0.717) is 37.6 Å². The smallest absolute Gasteiger partial charge is 0.342 e. The van der Waals surface area contributed by atoms with E-state index < -0.39 is 5.97 Å². The first-order valence-corrected chi connectivity index (χ1v) is 12.5. The summed E-state index contributed by atoms with van der Waals surface area (Å²) >= 11 is 0. The molecule has 0 bridgehead atoms.